The topological polar surface area (TPSA) is 91.3 Å². The Kier molecular flexibility index (Phi) is 6.42. The third-order valence-electron chi connectivity index (χ3n) is 11.9. The molecule has 1 spiro atoms. The number of ether oxygens (including phenoxy) is 4. The Labute approximate surface area is 259 Å². The quantitative estimate of drug-likeness (QED) is 0.323. The lowest BCUT2D eigenvalue weighted by Crippen LogP contribution is -2.66. The Morgan fingerprint density at radius 2 is 1.52 bits per heavy atom. The molecule has 1 saturated heterocycles. The highest BCUT2D eigenvalue weighted by Crippen LogP contribution is 2.78. The molecule has 5 aliphatic rings. The zero-order valence-corrected chi connectivity index (χ0v) is 26.5. The standard InChI is InChI=1S/C37H44O7/c1-21-18-26-28-33(4,5)37(28,43-32(39)25-16-12-9-13-17-25)30(41-31(38)24-14-10-8-11-15-24)23(3)36(26,40)27-19-22(2)29-35(27,20-21)44-34(6,7)42-29/h8-17,22-23,26-30,40H,1,18-20H2,2-7H3/t22-,23+,26-,27+,28+,29-,30+,35+,36+,37+/m0/s1. The number of hydrogen-bond donors (Lipinski definition) is 1. The van der Waals surface area contributed by atoms with Crippen molar-refractivity contribution in [3.05, 3.63) is 83.9 Å². The van der Waals surface area contributed by atoms with Crippen LogP contribution in [0, 0.1) is 35.0 Å². The highest BCUT2D eigenvalue weighted by Gasteiger charge is 2.88. The Balaban J connectivity index is 1.37. The zero-order chi connectivity index (χ0) is 31.4. The van der Waals surface area contributed by atoms with E-state index in [-0.39, 0.29) is 29.8 Å². The molecule has 0 unspecified atom stereocenters. The second kappa shape index (κ2) is 9.51. The first-order valence-electron chi connectivity index (χ1n) is 16.0. The fraction of sp³-hybridized carbons (Fsp3) is 0.568. The molecule has 2 aromatic carbocycles. The average Bonchev–Trinajstić information content (AvgIpc) is 3.19. The van der Waals surface area contributed by atoms with Gasteiger partial charge in [0.2, 0.25) is 0 Å². The zero-order valence-electron chi connectivity index (χ0n) is 26.5. The molecule has 0 aromatic heterocycles. The van der Waals surface area contributed by atoms with E-state index in [2.05, 4.69) is 27.4 Å². The van der Waals surface area contributed by atoms with E-state index in [1.807, 2.05) is 32.9 Å². The average molecular weight is 601 g/mol. The summed E-state index contributed by atoms with van der Waals surface area (Å²) in [6, 6.07) is 17.8. The largest absolute Gasteiger partial charge is 0.454 e. The number of fused-ring (bicyclic) bond motifs is 4. The lowest BCUT2D eigenvalue weighted by atomic mass is 9.58. The van der Waals surface area contributed by atoms with E-state index in [1.54, 1.807) is 48.5 Å². The number of rotatable bonds is 4. The number of benzene rings is 2. The molecule has 10 atom stereocenters. The van der Waals surface area contributed by atoms with Gasteiger partial charge >= 0.3 is 11.9 Å². The van der Waals surface area contributed by atoms with Crippen LogP contribution >= 0.6 is 0 Å². The summed E-state index contributed by atoms with van der Waals surface area (Å²) < 4.78 is 26.4. The van der Waals surface area contributed by atoms with Gasteiger partial charge in [0.25, 0.3) is 0 Å². The summed E-state index contributed by atoms with van der Waals surface area (Å²) in [6.45, 7) is 16.6. The summed E-state index contributed by atoms with van der Waals surface area (Å²) in [4.78, 5) is 27.5. The van der Waals surface area contributed by atoms with E-state index in [1.165, 1.54) is 0 Å². The van der Waals surface area contributed by atoms with Gasteiger partial charge in [0.1, 0.15) is 11.7 Å². The summed E-state index contributed by atoms with van der Waals surface area (Å²) in [7, 11) is 0. The van der Waals surface area contributed by atoms with Crippen molar-refractivity contribution < 1.29 is 33.6 Å². The maximum absolute atomic E-state index is 13.8. The Morgan fingerprint density at radius 1 is 0.932 bits per heavy atom. The van der Waals surface area contributed by atoms with Crippen molar-refractivity contribution in [2.45, 2.75) is 95.6 Å². The van der Waals surface area contributed by atoms with E-state index in [0.717, 1.165) is 5.57 Å². The van der Waals surface area contributed by atoms with Gasteiger partial charge in [0, 0.05) is 29.6 Å². The third kappa shape index (κ3) is 3.85. The van der Waals surface area contributed by atoms with Crippen molar-refractivity contribution in [2.24, 2.45) is 35.0 Å². The molecule has 0 bridgehead atoms. The number of hydrogen-bond acceptors (Lipinski definition) is 7. The van der Waals surface area contributed by atoms with E-state index in [9.17, 15) is 14.7 Å². The predicted molar refractivity (Wildman–Crippen MR) is 164 cm³/mol. The second-order valence-electron chi connectivity index (χ2n) is 15.1. The van der Waals surface area contributed by atoms with Crippen LogP contribution < -0.4 is 0 Å². The summed E-state index contributed by atoms with van der Waals surface area (Å²) in [5.41, 5.74) is -1.98. The lowest BCUT2D eigenvalue weighted by Gasteiger charge is -2.54. The maximum atomic E-state index is 13.8. The number of carbonyl (C=O) groups is 2. The van der Waals surface area contributed by atoms with Gasteiger partial charge in [-0.2, -0.15) is 0 Å². The minimum atomic E-state index is -1.31. The molecule has 0 amide bonds. The van der Waals surface area contributed by atoms with Crippen molar-refractivity contribution >= 4 is 11.9 Å². The van der Waals surface area contributed by atoms with Crippen LogP contribution in [0.5, 0.6) is 0 Å². The lowest BCUT2D eigenvalue weighted by molar-refractivity contribution is -0.242. The first kappa shape index (κ1) is 29.7. The summed E-state index contributed by atoms with van der Waals surface area (Å²) >= 11 is 0. The van der Waals surface area contributed by atoms with Crippen LogP contribution in [-0.4, -0.2) is 51.8 Å². The van der Waals surface area contributed by atoms with Gasteiger partial charge in [-0.1, -0.05) is 76.2 Å². The molecule has 1 N–H and O–H groups in total. The predicted octanol–water partition coefficient (Wildman–Crippen LogP) is 6.36. The van der Waals surface area contributed by atoms with Crippen molar-refractivity contribution in [3.8, 4) is 0 Å². The van der Waals surface area contributed by atoms with Crippen molar-refractivity contribution in [2.75, 3.05) is 0 Å². The minimum absolute atomic E-state index is 0.143. The molecule has 44 heavy (non-hydrogen) atoms. The third-order valence-corrected chi connectivity index (χ3v) is 11.9. The van der Waals surface area contributed by atoms with Crippen molar-refractivity contribution in [1.82, 2.24) is 0 Å². The van der Waals surface area contributed by atoms with E-state index in [4.69, 9.17) is 18.9 Å². The fourth-order valence-electron chi connectivity index (χ4n) is 10.3. The summed E-state index contributed by atoms with van der Waals surface area (Å²) in [5, 5.41) is 13.4. The van der Waals surface area contributed by atoms with Gasteiger partial charge in [0.05, 0.1) is 22.8 Å². The molecule has 1 aliphatic heterocycles. The highest BCUT2D eigenvalue weighted by atomic mass is 16.8. The fourth-order valence-corrected chi connectivity index (χ4v) is 10.3. The van der Waals surface area contributed by atoms with Gasteiger partial charge < -0.3 is 24.1 Å². The molecule has 2 aromatic rings. The Hall–Kier alpha value is -3.00. The second-order valence-corrected chi connectivity index (χ2v) is 15.1. The highest BCUT2D eigenvalue weighted by molar-refractivity contribution is 5.91. The van der Waals surface area contributed by atoms with Gasteiger partial charge in [-0.25, -0.2) is 9.59 Å². The van der Waals surface area contributed by atoms with Gasteiger partial charge in [0.15, 0.2) is 11.4 Å². The van der Waals surface area contributed by atoms with E-state index in [0.29, 0.717) is 30.4 Å². The number of carbonyl (C=O) groups excluding carboxylic acids is 2. The Morgan fingerprint density at radius 3 is 2.14 bits per heavy atom. The SMILES string of the molecule is C=C1C[C@H]2[C@@H]3C(C)(C)[C@]3(OC(=O)c3ccccc3)[C@H](OC(=O)c3ccccc3)[C@@H](C)[C@]2(O)[C@@H]2C[C@H](C)[C@@H]3OC(C)(C)O[C@]23C1. The normalized spacial score (nSPS) is 42.6. The number of aliphatic hydroxyl groups is 1. The Bertz CT molecular complexity index is 1500. The summed E-state index contributed by atoms with van der Waals surface area (Å²) in [6.07, 6.45) is 0.739. The van der Waals surface area contributed by atoms with Crippen molar-refractivity contribution in [3.63, 3.8) is 0 Å². The van der Waals surface area contributed by atoms with Crippen LogP contribution in [0.4, 0.5) is 0 Å². The molecular formula is C37H44O7. The van der Waals surface area contributed by atoms with Crippen LogP contribution in [0.25, 0.3) is 0 Å². The van der Waals surface area contributed by atoms with Crippen LogP contribution in [0.15, 0.2) is 72.8 Å². The van der Waals surface area contributed by atoms with E-state index < -0.39 is 52.0 Å². The molecule has 0 radical (unpaired) electrons. The molecule has 234 valence electrons. The van der Waals surface area contributed by atoms with Crippen LogP contribution in [-0.2, 0) is 18.9 Å². The molecule has 1 heterocycles. The van der Waals surface area contributed by atoms with Crippen LogP contribution in [0.2, 0.25) is 0 Å². The van der Waals surface area contributed by atoms with E-state index >= 15 is 0 Å². The molecule has 4 saturated carbocycles. The first-order valence-corrected chi connectivity index (χ1v) is 16.0. The molecular weight excluding hydrogens is 556 g/mol. The smallest absolute Gasteiger partial charge is 0.338 e. The van der Waals surface area contributed by atoms with Gasteiger partial charge in [-0.15, -0.1) is 0 Å². The van der Waals surface area contributed by atoms with Gasteiger partial charge in [-0.3, -0.25) is 0 Å². The molecule has 7 rings (SSSR count). The van der Waals surface area contributed by atoms with Crippen molar-refractivity contribution in [1.29, 1.82) is 0 Å². The first-order chi connectivity index (χ1) is 20.7. The molecule has 7 heteroatoms. The minimum Gasteiger partial charge on any atom is -0.454 e. The van der Waals surface area contributed by atoms with Gasteiger partial charge in [-0.05, 0) is 62.8 Å². The van der Waals surface area contributed by atoms with Crippen LogP contribution in [0.1, 0.15) is 81.5 Å². The molecule has 4 aliphatic carbocycles. The summed E-state index contributed by atoms with van der Waals surface area (Å²) in [5.74, 6) is -3.10. The number of esters is 2. The molecule has 7 nitrogen and oxygen atoms in total. The molecule has 5 fully saturated rings. The maximum Gasteiger partial charge on any atom is 0.338 e. The monoisotopic (exact) mass is 600 g/mol. The van der Waals surface area contributed by atoms with Crippen LogP contribution in [0.3, 0.4) is 0 Å².